The Hall–Kier alpha value is -0.410. The number of carbonyl (C=O) groups is 1. The molecule has 1 aliphatic heterocycles. The Balaban J connectivity index is 1.68. The molecule has 3 nitrogen and oxygen atoms in total. The highest BCUT2D eigenvalue weighted by atomic mass is 16.7. The zero-order valence-electron chi connectivity index (χ0n) is 14.4. The van der Waals surface area contributed by atoms with Crippen LogP contribution in [-0.2, 0) is 14.3 Å². The van der Waals surface area contributed by atoms with E-state index in [0.717, 1.165) is 38.8 Å². The third-order valence-corrected chi connectivity index (χ3v) is 4.41. The molecule has 1 unspecified atom stereocenters. The van der Waals surface area contributed by atoms with Crippen LogP contribution in [0.1, 0.15) is 96.3 Å². The summed E-state index contributed by atoms with van der Waals surface area (Å²) < 4.78 is 11.3. The fraction of sp³-hybridized carbons (Fsp3) is 0.947. The van der Waals surface area contributed by atoms with E-state index in [1.165, 1.54) is 77.0 Å². The summed E-state index contributed by atoms with van der Waals surface area (Å²) in [5.74, 6) is 0. The maximum Gasteiger partial charge on any atom is 0.157 e. The molecule has 0 spiro atoms. The average molecular weight is 312 g/mol. The lowest BCUT2D eigenvalue weighted by molar-refractivity contribution is -0.162. The summed E-state index contributed by atoms with van der Waals surface area (Å²) in [6.45, 7) is 1.74. The number of carbonyl (C=O) groups excluding carboxylic acids is 1. The standard InChI is InChI=1S/C19H36O3/c20-16-12-9-7-5-3-1-2-4-6-8-10-13-17-21-19-15-11-14-18-22-19/h16,19H,1-15,17-18H2. The first kappa shape index (κ1) is 19.6. The van der Waals surface area contributed by atoms with Gasteiger partial charge in [0.25, 0.3) is 0 Å². The van der Waals surface area contributed by atoms with Crippen LogP contribution in [0.4, 0.5) is 0 Å². The van der Waals surface area contributed by atoms with Gasteiger partial charge in [-0.05, 0) is 32.1 Å². The van der Waals surface area contributed by atoms with E-state index in [9.17, 15) is 4.79 Å². The first-order valence-corrected chi connectivity index (χ1v) is 9.60. The van der Waals surface area contributed by atoms with Gasteiger partial charge in [-0.3, -0.25) is 0 Å². The van der Waals surface area contributed by atoms with E-state index in [-0.39, 0.29) is 6.29 Å². The van der Waals surface area contributed by atoms with Crippen molar-refractivity contribution in [2.24, 2.45) is 0 Å². The van der Waals surface area contributed by atoms with Crippen molar-refractivity contribution in [2.45, 2.75) is 103 Å². The van der Waals surface area contributed by atoms with Crippen molar-refractivity contribution >= 4 is 6.29 Å². The van der Waals surface area contributed by atoms with Crippen molar-refractivity contribution in [3.63, 3.8) is 0 Å². The Morgan fingerprint density at radius 1 is 0.818 bits per heavy atom. The Bertz CT molecular complexity index is 237. The van der Waals surface area contributed by atoms with E-state index < -0.39 is 0 Å². The summed E-state index contributed by atoms with van der Waals surface area (Å²) >= 11 is 0. The number of ether oxygens (including phenoxy) is 2. The SMILES string of the molecule is O=CCCCCCCCCCCCCCOC1CCCCO1. The molecule has 3 heteroatoms. The third-order valence-electron chi connectivity index (χ3n) is 4.41. The van der Waals surface area contributed by atoms with Gasteiger partial charge in [-0.25, -0.2) is 0 Å². The molecule has 22 heavy (non-hydrogen) atoms. The van der Waals surface area contributed by atoms with Crippen LogP contribution in [0.15, 0.2) is 0 Å². The summed E-state index contributed by atoms with van der Waals surface area (Å²) in [5.41, 5.74) is 0. The number of hydrogen-bond donors (Lipinski definition) is 0. The van der Waals surface area contributed by atoms with E-state index in [1.54, 1.807) is 0 Å². The fourth-order valence-electron chi connectivity index (χ4n) is 2.98. The number of rotatable bonds is 15. The summed E-state index contributed by atoms with van der Waals surface area (Å²) in [6, 6.07) is 0. The van der Waals surface area contributed by atoms with Crippen molar-refractivity contribution in [1.82, 2.24) is 0 Å². The number of hydrogen-bond acceptors (Lipinski definition) is 3. The minimum Gasteiger partial charge on any atom is -0.353 e. The molecule has 1 saturated heterocycles. The van der Waals surface area contributed by atoms with Gasteiger partial charge in [0.1, 0.15) is 6.29 Å². The van der Waals surface area contributed by atoms with Crippen molar-refractivity contribution in [2.75, 3.05) is 13.2 Å². The molecule has 0 bridgehead atoms. The van der Waals surface area contributed by atoms with Gasteiger partial charge in [0.05, 0.1) is 0 Å². The second-order valence-corrected chi connectivity index (χ2v) is 6.51. The van der Waals surface area contributed by atoms with Gasteiger partial charge >= 0.3 is 0 Å². The maximum absolute atomic E-state index is 10.2. The quantitative estimate of drug-likeness (QED) is 0.299. The minimum atomic E-state index is 0.0836. The van der Waals surface area contributed by atoms with Crippen LogP contribution in [0.3, 0.4) is 0 Å². The molecular formula is C19H36O3. The first-order chi connectivity index (χ1) is 10.9. The van der Waals surface area contributed by atoms with Crippen LogP contribution >= 0.6 is 0 Å². The molecule has 0 aromatic carbocycles. The number of unbranched alkanes of at least 4 members (excludes halogenated alkanes) is 11. The molecule has 130 valence electrons. The highest BCUT2D eigenvalue weighted by Gasteiger charge is 2.13. The molecule has 1 heterocycles. The van der Waals surface area contributed by atoms with Gasteiger partial charge < -0.3 is 14.3 Å². The zero-order valence-corrected chi connectivity index (χ0v) is 14.4. The van der Waals surface area contributed by atoms with Gasteiger partial charge in [-0.15, -0.1) is 0 Å². The third kappa shape index (κ3) is 12.2. The van der Waals surface area contributed by atoms with Gasteiger partial charge in [0.2, 0.25) is 0 Å². The van der Waals surface area contributed by atoms with Crippen LogP contribution in [0.25, 0.3) is 0 Å². The Morgan fingerprint density at radius 2 is 1.41 bits per heavy atom. The monoisotopic (exact) mass is 312 g/mol. The Morgan fingerprint density at radius 3 is 1.95 bits per heavy atom. The van der Waals surface area contributed by atoms with Crippen molar-refractivity contribution in [1.29, 1.82) is 0 Å². The first-order valence-electron chi connectivity index (χ1n) is 9.60. The predicted molar refractivity (Wildman–Crippen MR) is 91.0 cm³/mol. The molecule has 1 fully saturated rings. The molecule has 0 amide bonds. The van der Waals surface area contributed by atoms with E-state index in [1.807, 2.05) is 0 Å². The van der Waals surface area contributed by atoms with Gasteiger partial charge in [0, 0.05) is 19.6 Å². The molecule has 0 aromatic rings. The zero-order chi connectivity index (χ0) is 15.7. The normalized spacial score (nSPS) is 18.5. The van der Waals surface area contributed by atoms with Gasteiger partial charge in [-0.1, -0.05) is 57.8 Å². The van der Waals surface area contributed by atoms with Crippen molar-refractivity contribution in [3.8, 4) is 0 Å². The lowest BCUT2D eigenvalue weighted by atomic mass is 10.1. The minimum absolute atomic E-state index is 0.0836. The summed E-state index contributed by atoms with van der Waals surface area (Å²) in [4.78, 5) is 10.2. The predicted octanol–water partition coefficient (Wildman–Crippen LogP) is 5.41. The summed E-state index contributed by atoms with van der Waals surface area (Å²) in [6.07, 6.45) is 19.6. The largest absolute Gasteiger partial charge is 0.353 e. The molecule has 0 N–H and O–H groups in total. The average Bonchev–Trinajstić information content (AvgIpc) is 2.56. The van der Waals surface area contributed by atoms with Crippen LogP contribution in [0.2, 0.25) is 0 Å². The molecule has 1 aliphatic rings. The summed E-state index contributed by atoms with van der Waals surface area (Å²) in [5, 5.41) is 0. The van der Waals surface area contributed by atoms with E-state index in [0.29, 0.717) is 0 Å². The van der Waals surface area contributed by atoms with E-state index in [4.69, 9.17) is 9.47 Å². The molecular weight excluding hydrogens is 276 g/mol. The highest BCUT2D eigenvalue weighted by Crippen LogP contribution is 2.15. The lowest BCUT2D eigenvalue weighted by Gasteiger charge is -2.22. The second-order valence-electron chi connectivity index (χ2n) is 6.51. The Labute approximate surface area is 137 Å². The highest BCUT2D eigenvalue weighted by molar-refractivity contribution is 5.48. The molecule has 1 atom stereocenters. The smallest absolute Gasteiger partial charge is 0.157 e. The van der Waals surface area contributed by atoms with Crippen LogP contribution in [0.5, 0.6) is 0 Å². The van der Waals surface area contributed by atoms with Crippen molar-refractivity contribution in [3.05, 3.63) is 0 Å². The molecule has 1 rings (SSSR count). The topological polar surface area (TPSA) is 35.5 Å². The molecule has 0 aromatic heterocycles. The fourth-order valence-corrected chi connectivity index (χ4v) is 2.98. The van der Waals surface area contributed by atoms with E-state index in [2.05, 4.69) is 0 Å². The van der Waals surface area contributed by atoms with Gasteiger partial charge in [-0.2, -0.15) is 0 Å². The van der Waals surface area contributed by atoms with E-state index >= 15 is 0 Å². The van der Waals surface area contributed by atoms with Crippen LogP contribution < -0.4 is 0 Å². The maximum atomic E-state index is 10.2. The Kier molecular flexibility index (Phi) is 13.8. The summed E-state index contributed by atoms with van der Waals surface area (Å²) in [7, 11) is 0. The van der Waals surface area contributed by atoms with Crippen molar-refractivity contribution < 1.29 is 14.3 Å². The molecule has 0 radical (unpaired) electrons. The molecule has 0 saturated carbocycles. The van der Waals surface area contributed by atoms with Crippen LogP contribution in [0, 0.1) is 0 Å². The number of aldehydes is 1. The van der Waals surface area contributed by atoms with Crippen LogP contribution in [-0.4, -0.2) is 25.8 Å². The second kappa shape index (κ2) is 15.5. The molecule has 0 aliphatic carbocycles. The van der Waals surface area contributed by atoms with Gasteiger partial charge in [0.15, 0.2) is 6.29 Å². The lowest BCUT2D eigenvalue weighted by Crippen LogP contribution is -2.22.